The molecule has 1 rings (SSSR count). The average molecular weight is 222 g/mol. The Morgan fingerprint density at radius 2 is 1.86 bits per heavy atom. The van der Waals surface area contributed by atoms with Crippen molar-refractivity contribution in [2.75, 3.05) is 12.9 Å². The van der Waals surface area contributed by atoms with Gasteiger partial charge >= 0.3 is 0 Å². The average Bonchev–Trinajstić information content (AvgIpc) is 2.02. The molecular weight excluding hydrogens is 204 g/mol. The maximum absolute atomic E-state index is 10.7. The van der Waals surface area contributed by atoms with E-state index in [1.165, 1.54) is 0 Å². The van der Waals surface area contributed by atoms with E-state index in [1.807, 2.05) is 0 Å². The van der Waals surface area contributed by atoms with Crippen LogP contribution in [0.25, 0.3) is 0 Å². The molecule has 0 bridgehead atoms. The molecule has 0 spiro atoms. The lowest BCUT2D eigenvalue weighted by Crippen LogP contribution is -2.32. The van der Waals surface area contributed by atoms with Gasteiger partial charge in [0.1, 0.15) is 0 Å². The van der Waals surface area contributed by atoms with Crippen LogP contribution in [0, 0.1) is 0 Å². The molecule has 0 heterocycles. The third-order valence-corrected chi connectivity index (χ3v) is 3.24. The van der Waals surface area contributed by atoms with Crippen molar-refractivity contribution in [2.24, 2.45) is 0 Å². The van der Waals surface area contributed by atoms with E-state index in [0.717, 1.165) is 38.4 Å². The Labute approximate surface area is 85.4 Å². The van der Waals surface area contributed by atoms with Gasteiger partial charge in [0.2, 0.25) is 0 Å². The second-order valence-corrected chi connectivity index (χ2v) is 5.71. The SMILES string of the molecule is CS(=O)(=O)OCCC1(O)CCCCC1. The summed E-state index contributed by atoms with van der Waals surface area (Å²) in [6.45, 7) is 0.0926. The van der Waals surface area contributed by atoms with Gasteiger partial charge in [0.25, 0.3) is 10.1 Å². The highest BCUT2D eigenvalue weighted by atomic mass is 32.2. The number of rotatable bonds is 4. The Kier molecular flexibility index (Phi) is 3.92. The first-order valence-corrected chi connectivity index (χ1v) is 6.80. The molecule has 0 aromatic carbocycles. The smallest absolute Gasteiger partial charge is 0.264 e. The summed E-state index contributed by atoms with van der Waals surface area (Å²) >= 11 is 0. The van der Waals surface area contributed by atoms with Crippen LogP contribution in [0.3, 0.4) is 0 Å². The molecule has 14 heavy (non-hydrogen) atoms. The van der Waals surface area contributed by atoms with E-state index in [9.17, 15) is 13.5 Å². The number of hydrogen-bond donors (Lipinski definition) is 1. The van der Waals surface area contributed by atoms with E-state index in [0.29, 0.717) is 6.42 Å². The Hall–Kier alpha value is -0.130. The molecule has 1 aliphatic carbocycles. The monoisotopic (exact) mass is 222 g/mol. The van der Waals surface area contributed by atoms with E-state index in [4.69, 9.17) is 0 Å². The normalized spacial score (nSPS) is 22.1. The molecule has 0 unspecified atom stereocenters. The number of aliphatic hydroxyl groups is 1. The first kappa shape index (κ1) is 11.9. The second-order valence-electron chi connectivity index (χ2n) is 4.06. The molecule has 0 radical (unpaired) electrons. The summed E-state index contributed by atoms with van der Waals surface area (Å²) in [7, 11) is -3.36. The number of hydrogen-bond acceptors (Lipinski definition) is 4. The van der Waals surface area contributed by atoms with Gasteiger partial charge in [-0.25, -0.2) is 0 Å². The third-order valence-electron chi connectivity index (χ3n) is 2.65. The maximum atomic E-state index is 10.7. The van der Waals surface area contributed by atoms with Crippen LogP contribution in [0.4, 0.5) is 0 Å². The molecule has 0 saturated heterocycles. The van der Waals surface area contributed by atoms with E-state index in [-0.39, 0.29) is 6.61 Å². The quantitative estimate of drug-likeness (QED) is 0.722. The lowest BCUT2D eigenvalue weighted by atomic mass is 9.83. The minimum absolute atomic E-state index is 0.0926. The minimum Gasteiger partial charge on any atom is -0.390 e. The molecule has 84 valence electrons. The molecule has 1 N–H and O–H groups in total. The highest BCUT2D eigenvalue weighted by Gasteiger charge is 2.28. The summed E-state index contributed by atoms with van der Waals surface area (Å²) in [5.41, 5.74) is -0.692. The van der Waals surface area contributed by atoms with Crippen molar-refractivity contribution in [2.45, 2.75) is 44.1 Å². The topological polar surface area (TPSA) is 63.6 Å². The zero-order valence-corrected chi connectivity index (χ0v) is 9.35. The van der Waals surface area contributed by atoms with E-state index in [2.05, 4.69) is 4.18 Å². The Balaban J connectivity index is 2.29. The molecular formula is C9H18O4S. The van der Waals surface area contributed by atoms with Gasteiger partial charge in [0.15, 0.2) is 0 Å². The fraction of sp³-hybridized carbons (Fsp3) is 1.00. The molecule has 0 atom stereocenters. The fourth-order valence-corrected chi connectivity index (χ4v) is 2.23. The zero-order chi connectivity index (χ0) is 10.7. The summed E-state index contributed by atoms with van der Waals surface area (Å²) in [5.74, 6) is 0. The van der Waals surface area contributed by atoms with Crippen molar-refractivity contribution in [3.05, 3.63) is 0 Å². The molecule has 0 aromatic heterocycles. The van der Waals surface area contributed by atoms with Crippen LogP contribution in [0.1, 0.15) is 38.5 Å². The Morgan fingerprint density at radius 1 is 1.29 bits per heavy atom. The Morgan fingerprint density at radius 3 is 2.36 bits per heavy atom. The van der Waals surface area contributed by atoms with Crippen molar-refractivity contribution in [1.82, 2.24) is 0 Å². The molecule has 5 heteroatoms. The van der Waals surface area contributed by atoms with Gasteiger partial charge in [-0.1, -0.05) is 19.3 Å². The van der Waals surface area contributed by atoms with E-state index >= 15 is 0 Å². The molecule has 0 aromatic rings. The summed E-state index contributed by atoms with van der Waals surface area (Å²) in [4.78, 5) is 0. The van der Waals surface area contributed by atoms with Crippen LogP contribution in [0.2, 0.25) is 0 Å². The third kappa shape index (κ3) is 4.39. The van der Waals surface area contributed by atoms with Crippen LogP contribution in [-0.2, 0) is 14.3 Å². The van der Waals surface area contributed by atoms with Crippen molar-refractivity contribution >= 4 is 10.1 Å². The van der Waals surface area contributed by atoms with Gasteiger partial charge < -0.3 is 5.11 Å². The summed E-state index contributed by atoms with van der Waals surface area (Å²) in [6, 6.07) is 0. The summed E-state index contributed by atoms with van der Waals surface area (Å²) in [5, 5.41) is 9.99. The van der Waals surface area contributed by atoms with Gasteiger partial charge in [-0.2, -0.15) is 8.42 Å². The van der Waals surface area contributed by atoms with E-state index in [1.54, 1.807) is 0 Å². The second kappa shape index (κ2) is 4.59. The van der Waals surface area contributed by atoms with Gasteiger partial charge in [-0.15, -0.1) is 0 Å². The summed E-state index contributed by atoms with van der Waals surface area (Å²) < 4.78 is 26.0. The molecule has 0 amide bonds. The van der Waals surface area contributed by atoms with Crippen molar-refractivity contribution in [3.63, 3.8) is 0 Å². The standard InChI is InChI=1S/C9H18O4S/c1-14(11,12)13-8-7-9(10)5-3-2-4-6-9/h10H,2-8H2,1H3. The predicted octanol–water partition coefficient (Wildman–Crippen LogP) is 1.05. The van der Waals surface area contributed by atoms with Crippen molar-refractivity contribution in [1.29, 1.82) is 0 Å². The van der Waals surface area contributed by atoms with E-state index < -0.39 is 15.7 Å². The molecule has 1 aliphatic rings. The largest absolute Gasteiger partial charge is 0.390 e. The fourth-order valence-electron chi connectivity index (χ4n) is 1.84. The molecule has 1 saturated carbocycles. The van der Waals surface area contributed by atoms with Crippen molar-refractivity contribution in [3.8, 4) is 0 Å². The van der Waals surface area contributed by atoms with Crippen LogP contribution in [0.5, 0.6) is 0 Å². The van der Waals surface area contributed by atoms with Crippen LogP contribution >= 0.6 is 0 Å². The highest BCUT2D eigenvalue weighted by molar-refractivity contribution is 7.85. The lowest BCUT2D eigenvalue weighted by molar-refractivity contribution is -0.0128. The first-order valence-electron chi connectivity index (χ1n) is 4.98. The highest BCUT2D eigenvalue weighted by Crippen LogP contribution is 2.30. The van der Waals surface area contributed by atoms with Crippen LogP contribution < -0.4 is 0 Å². The molecule has 0 aliphatic heterocycles. The molecule has 1 fully saturated rings. The van der Waals surface area contributed by atoms with Gasteiger partial charge in [0, 0.05) is 6.42 Å². The van der Waals surface area contributed by atoms with Crippen LogP contribution in [-0.4, -0.2) is 32.0 Å². The van der Waals surface area contributed by atoms with Crippen molar-refractivity contribution < 1.29 is 17.7 Å². The maximum Gasteiger partial charge on any atom is 0.264 e. The Bertz CT molecular complexity index is 265. The lowest BCUT2D eigenvalue weighted by Gasteiger charge is -2.31. The van der Waals surface area contributed by atoms with Gasteiger partial charge in [-0.05, 0) is 12.8 Å². The zero-order valence-electron chi connectivity index (χ0n) is 8.53. The minimum atomic E-state index is -3.36. The molecule has 4 nitrogen and oxygen atoms in total. The predicted molar refractivity (Wildman–Crippen MR) is 53.4 cm³/mol. The van der Waals surface area contributed by atoms with Crippen LogP contribution in [0.15, 0.2) is 0 Å². The first-order chi connectivity index (χ1) is 6.41. The van der Waals surface area contributed by atoms with Gasteiger partial charge in [0.05, 0.1) is 18.5 Å². The summed E-state index contributed by atoms with van der Waals surface area (Å²) in [6.07, 6.45) is 6.18. The van der Waals surface area contributed by atoms with Gasteiger partial charge in [-0.3, -0.25) is 4.18 Å².